The smallest absolute Gasteiger partial charge is 0.345 e. The fourth-order valence-electron chi connectivity index (χ4n) is 3.59. The number of anilines is 1. The predicted octanol–water partition coefficient (Wildman–Crippen LogP) is 5.29. The number of esters is 1. The lowest BCUT2D eigenvalue weighted by atomic mass is 10.1. The Morgan fingerprint density at radius 3 is 2.50 bits per heavy atom. The van der Waals surface area contributed by atoms with Gasteiger partial charge in [-0.15, -0.1) is 0 Å². The second-order valence-electron chi connectivity index (χ2n) is 7.81. The van der Waals surface area contributed by atoms with E-state index < -0.39 is 23.8 Å². The Kier molecular flexibility index (Phi) is 7.99. The van der Waals surface area contributed by atoms with Gasteiger partial charge in [0.15, 0.2) is 11.5 Å². The van der Waals surface area contributed by atoms with E-state index in [1.807, 2.05) is 0 Å². The molecule has 1 saturated heterocycles. The molecule has 0 spiro atoms. The maximum Gasteiger partial charge on any atom is 0.345 e. The average Bonchev–Trinajstić information content (AvgIpc) is 2.88. The molecule has 0 atom stereocenters. The van der Waals surface area contributed by atoms with Crippen LogP contribution in [0.5, 0.6) is 17.2 Å². The molecule has 0 unspecified atom stereocenters. The Balaban J connectivity index is 1.65. The third-order valence-electron chi connectivity index (χ3n) is 5.35. The van der Waals surface area contributed by atoms with Crippen molar-refractivity contribution in [2.45, 2.75) is 6.92 Å². The third-order valence-corrected chi connectivity index (χ3v) is 5.89. The molecule has 0 bridgehead atoms. The Morgan fingerprint density at radius 1 is 1.00 bits per heavy atom. The molecule has 9 nitrogen and oxygen atoms in total. The van der Waals surface area contributed by atoms with Crippen LogP contribution in [0.25, 0.3) is 6.08 Å². The van der Waals surface area contributed by atoms with E-state index in [1.54, 1.807) is 19.1 Å². The summed E-state index contributed by atoms with van der Waals surface area (Å²) in [7, 11) is 1.45. The lowest BCUT2D eigenvalue weighted by Crippen LogP contribution is -2.54. The van der Waals surface area contributed by atoms with Crippen LogP contribution in [0.4, 0.5) is 10.5 Å². The molecule has 4 rings (SSSR count). The van der Waals surface area contributed by atoms with E-state index in [9.17, 15) is 19.2 Å². The summed E-state index contributed by atoms with van der Waals surface area (Å²) >= 11 is 12.0. The number of carbonyl (C=O) groups is 4. The number of nitrogens with one attached hydrogen (secondary N) is 1. The molecule has 0 aliphatic carbocycles. The van der Waals surface area contributed by atoms with Gasteiger partial charge in [0, 0.05) is 11.1 Å². The first kappa shape index (κ1) is 26.7. The zero-order chi connectivity index (χ0) is 27.4. The fourth-order valence-corrected chi connectivity index (χ4v) is 4.07. The summed E-state index contributed by atoms with van der Waals surface area (Å²) in [4.78, 5) is 51.8. The molecule has 1 aliphatic heterocycles. The molecule has 194 valence electrons. The number of hydrogen-bond donors (Lipinski definition) is 1. The van der Waals surface area contributed by atoms with Gasteiger partial charge in [0.25, 0.3) is 11.8 Å². The summed E-state index contributed by atoms with van der Waals surface area (Å²) in [6.45, 7) is 1.98. The van der Waals surface area contributed by atoms with E-state index in [2.05, 4.69) is 5.32 Å². The zero-order valence-corrected chi connectivity index (χ0v) is 21.6. The first-order chi connectivity index (χ1) is 18.2. The van der Waals surface area contributed by atoms with Crippen molar-refractivity contribution in [3.63, 3.8) is 0 Å². The standard InChI is InChI=1S/C27H20Cl2N2O7/c1-3-37-23-12-15(7-10-22(23)38-26(34)19-9-8-16(28)13-21(19)29)11-20-24(32)30-27(35)31(25(20)33)17-5-4-6-18(14-17)36-2/h4-14H,3H2,1-2H3,(H,30,32,35)/b20-11+. The lowest BCUT2D eigenvalue weighted by Gasteiger charge is -2.26. The number of barbiturate groups is 1. The number of urea groups is 1. The summed E-state index contributed by atoms with van der Waals surface area (Å²) in [6.07, 6.45) is 1.31. The Bertz CT molecular complexity index is 1490. The predicted molar refractivity (Wildman–Crippen MR) is 141 cm³/mol. The molecule has 0 saturated carbocycles. The zero-order valence-electron chi connectivity index (χ0n) is 20.1. The van der Waals surface area contributed by atoms with Crippen molar-refractivity contribution in [2.75, 3.05) is 18.6 Å². The van der Waals surface area contributed by atoms with Gasteiger partial charge in [-0.25, -0.2) is 14.5 Å². The molecule has 0 aromatic heterocycles. The van der Waals surface area contributed by atoms with Crippen LogP contribution >= 0.6 is 23.2 Å². The molecule has 1 heterocycles. The van der Waals surface area contributed by atoms with Gasteiger partial charge in [-0.05, 0) is 61.0 Å². The van der Waals surface area contributed by atoms with Crippen LogP contribution in [0, 0.1) is 0 Å². The number of nitrogens with zero attached hydrogens (tertiary/aromatic N) is 1. The van der Waals surface area contributed by atoms with E-state index in [-0.39, 0.29) is 40.0 Å². The Hall–Kier alpha value is -4.34. The molecular weight excluding hydrogens is 535 g/mol. The minimum absolute atomic E-state index is 0.0950. The number of rotatable bonds is 7. The van der Waals surface area contributed by atoms with Gasteiger partial charge in [0.05, 0.1) is 30.0 Å². The summed E-state index contributed by atoms with van der Waals surface area (Å²) < 4.78 is 16.3. The molecule has 1 fully saturated rings. The molecule has 3 aromatic carbocycles. The van der Waals surface area contributed by atoms with Gasteiger partial charge >= 0.3 is 12.0 Å². The van der Waals surface area contributed by atoms with Crippen molar-refractivity contribution < 1.29 is 33.4 Å². The topological polar surface area (TPSA) is 111 Å². The SMILES string of the molecule is CCOc1cc(/C=C2\C(=O)NC(=O)N(c3cccc(OC)c3)C2=O)ccc1OC(=O)c1ccc(Cl)cc1Cl. The number of benzene rings is 3. The number of methoxy groups -OCH3 is 1. The number of hydrogen-bond acceptors (Lipinski definition) is 7. The van der Waals surface area contributed by atoms with Crippen LogP contribution in [0.1, 0.15) is 22.8 Å². The van der Waals surface area contributed by atoms with E-state index in [1.165, 1.54) is 61.7 Å². The second kappa shape index (κ2) is 11.4. The van der Waals surface area contributed by atoms with Crippen molar-refractivity contribution >= 4 is 58.8 Å². The minimum atomic E-state index is -0.886. The lowest BCUT2D eigenvalue weighted by molar-refractivity contribution is -0.122. The minimum Gasteiger partial charge on any atom is -0.497 e. The summed E-state index contributed by atoms with van der Waals surface area (Å²) in [5, 5.41) is 2.66. The van der Waals surface area contributed by atoms with Gasteiger partial charge in [-0.1, -0.05) is 35.3 Å². The van der Waals surface area contributed by atoms with Gasteiger partial charge in [0.1, 0.15) is 11.3 Å². The Labute approximate surface area is 227 Å². The maximum atomic E-state index is 13.2. The van der Waals surface area contributed by atoms with Crippen LogP contribution in [-0.2, 0) is 9.59 Å². The van der Waals surface area contributed by atoms with Crippen LogP contribution in [-0.4, -0.2) is 37.5 Å². The van der Waals surface area contributed by atoms with Crippen LogP contribution in [0.15, 0.2) is 66.2 Å². The van der Waals surface area contributed by atoms with Gasteiger partial charge < -0.3 is 14.2 Å². The summed E-state index contributed by atoms with van der Waals surface area (Å²) in [5.41, 5.74) is 0.434. The molecular formula is C27H20Cl2N2O7. The average molecular weight is 555 g/mol. The molecule has 4 amide bonds. The van der Waals surface area contributed by atoms with Crippen molar-refractivity contribution in [3.8, 4) is 17.2 Å². The number of halogens is 2. The van der Waals surface area contributed by atoms with Gasteiger partial charge in [-0.2, -0.15) is 0 Å². The van der Waals surface area contributed by atoms with Crippen LogP contribution in [0.3, 0.4) is 0 Å². The monoisotopic (exact) mass is 554 g/mol. The van der Waals surface area contributed by atoms with Crippen molar-refractivity contribution in [1.29, 1.82) is 0 Å². The quantitative estimate of drug-likeness (QED) is 0.183. The Morgan fingerprint density at radius 2 is 1.79 bits per heavy atom. The number of amides is 4. The maximum absolute atomic E-state index is 13.2. The van der Waals surface area contributed by atoms with Gasteiger partial charge in [0.2, 0.25) is 0 Å². The normalized spacial score (nSPS) is 14.4. The number of ether oxygens (including phenoxy) is 3. The molecule has 3 aromatic rings. The van der Waals surface area contributed by atoms with Crippen LogP contribution < -0.4 is 24.4 Å². The summed E-state index contributed by atoms with van der Waals surface area (Å²) in [6, 6.07) is 14.3. The van der Waals surface area contributed by atoms with E-state index >= 15 is 0 Å². The van der Waals surface area contributed by atoms with E-state index in [4.69, 9.17) is 37.4 Å². The van der Waals surface area contributed by atoms with Gasteiger partial charge in [-0.3, -0.25) is 14.9 Å². The second-order valence-corrected chi connectivity index (χ2v) is 8.66. The molecule has 1 aliphatic rings. The largest absolute Gasteiger partial charge is 0.497 e. The number of imide groups is 2. The summed E-state index contributed by atoms with van der Waals surface area (Å²) in [5.74, 6) is -1.70. The molecule has 38 heavy (non-hydrogen) atoms. The highest BCUT2D eigenvalue weighted by Gasteiger charge is 2.37. The third kappa shape index (κ3) is 5.64. The molecule has 1 N–H and O–H groups in total. The fraction of sp³-hybridized carbons (Fsp3) is 0.111. The van der Waals surface area contributed by atoms with Crippen molar-refractivity contribution in [1.82, 2.24) is 5.32 Å². The highest BCUT2D eigenvalue weighted by Crippen LogP contribution is 2.32. The highest BCUT2D eigenvalue weighted by molar-refractivity contribution is 6.39. The molecule has 0 radical (unpaired) electrons. The first-order valence-corrected chi connectivity index (χ1v) is 12.0. The van der Waals surface area contributed by atoms with E-state index in [0.717, 1.165) is 4.90 Å². The first-order valence-electron chi connectivity index (χ1n) is 11.2. The van der Waals surface area contributed by atoms with Crippen molar-refractivity contribution in [3.05, 3.63) is 87.4 Å². The van der Waals surface area contributed by atoms with Crippen LogP contribution in [0.2, 0.25) is 10.0 Å². The highest BCUT2D eigenvalue weighted by atomic mass is 35.5. The van der Waals surface area contributed by atoms with Crippen molar-refractivity contribution in [2.24, 2.45) is 0 Å². The van der Waals surface area contributed by atoms with E-state index in [0.29, 0.717) is 16.3 Å². The number of carbonyl (C=O) groups excluding carboxylic acids is 4. The molecule has 11 heteroatoms.